The van der Waals surface area contributed by atoms with Gasteiger partial charge in [-0.05, 0) is 47.5 Å². The molecule has 0 unspecified atom stereocenters. The second-order valence-corrected chi connectivity index (χ2v) is 6.90. The van der Waals surface area contributed by atoms with Crippen molar-refractivity contribution in [2.45, 2.75) is 13.1 Å². The Bertz CT molecular complexity index is 1200. The molecule has 0 saturated heterocycles. The summed E-state index contributed by atoms with van der Waals surface area (Å²) in [5.74, 6) is -1.29. The molecule has 150 valence electrons. The summed E-state index contributed by atoms with van der Waals surface area (Å²) in [5.41, 5.74) is 0.941. The standard InChI is InChI=1S/C24H17F2NO3/c25-19-9-5-16(6-10-19)14-27(15-17-7-11-20(26)12-8-17)23(28)21-13-18-3-1-2-4-22(18)30-24(21)29/h1-13H,14-15H2. The average molecular weight is 405 g/mol. The number of nitrogens with zero attached hydrogens (tertiary/aromatic N) is 1. The molecule has 0 aliphatic carbocycles. The molecule has 6 heteroatoms. The van der Waals surface area contributed by atoms with Gasteiger partial charge in [0.05, 0.1) is 0 Å². The molecule has 4 rings (SSSR count). The highest BCUT2D eigenvalue weighted by molar-refractivity contribution is 5.96. The fourth-order valence-electron chi connectivity index (χ4n) is 3.20. The molecule has 3 aromatic carbocycles. The molecule has 1 heterocycles. The van der Waals surface area contributed by atoms with Crippen LogP contribution >= 0.6 is 0 Å². The van der Waals surface area contributed by atoms with Gasteiger partial charge in [-0.3, -0.25) is 4.79 Å². The third kappa shape index (κ3) is 4.27. The van der Waals surface area contributed by atoms with Crippen LogP contribution < -0.4 is 5.63 Å². The number of hydrogen-bond donors (Lipinski definition) is 0. The summed E-state index contributed by atoms with van der Waals surface area (Å²) in [6, 6.07) is 19.9. The van der Waals surface area contributed by atoms with E-state index in [9.17, 15) is 18.4 Å². The van der Waals surface area contributed by atoms with Crippen molar-refractivity contribution in [2.75, 3.05) is 0 Å². The number of hydrogen-bond acceptors (Lipinski definition) is 3. The summed E-state index contributed by atoms with van der Waals surface area (Å²) in [4.78, 5) is 27.2. The minimum atomic E-state index is -0.734. The van der Waals surface area contributed by atoms with E-state index in [2.05, 4.69) is 0 Å². The van der Waals surface area contributed by atoms with Gasteiger partial charge in [-0.25, -0.2) is 13.6 Å². The topological polar surface area (TPSA) is 50.5 Å². The Morgan fingerprint density at radius 3 is 1.90 bits per heavy atom. The second-order valence-electron chi connectivity index (χ2n) is 6.90. The smallest absolute Gasteiger partial charge is 0.349 e. The molecule has 0 N–H and O–H groups in total. The average Bonchev–Trinajstić information content (AvgIpc) is 2.75. The fourth-order valence-corrected chi connectivity index (χ4v) is 3.20. The molecule has 0 aliphatic rings. The normalized spacial score (nSPS) is 10.9. The van der Waals surface area contributed by atoms with E-state index in [1.807, 2.05) is 0 Å². The molecular weight excluding hydrogens is 388 g/mol. The van der Waals surface area contributed by atoms with Crippen LogP contribution in [0.15, 0.2) is 88.1 Å². The summed E-state index contributed by atoms with van der Waals surface area (Å²) in [7, 11) is 0. The second kappa shape index (κ2) is 8.29. The Morgan fingerprint density at radius 1 is 0.800 bits per heavy atom. The minimum absolute atomic E-state index is 0.0991. The predicted molar refractivity (Wildman–Crippen MR) is 109 cm³/mol. The molecule has 0 bridgehead atoms. The first-order valence-electron chi connectivity index (χ1n) is 9.31. The van der Waals surface area contributed by atoms with Crippen LogP contribution in [0.1, 0.15) is 21.5 Å². The zero-order chi connectivity index (χ0) is 21.1. The summed E-state index contributed by atoms with van der Waals surface area (Å²) < 4.78 is 31.8. The summed E-state index contributed by atoms with van der Waals surface area (Å²) in [5, 5.41) is 0.629. The molecule has 0 radical (unpaired) electrons. The van der Waals surface area contributed by atoms with Gasteiger partial charge < -0.3 is 9.32 Å². The van der Waals surface area contributed by atoms with Crippen LogP contribution in [-0.4, -0.2) is 10.8 Å². The molecule has 1 aromatic heterocycles. The molecule has 0 spiro atoms. The molecule has 0 fully saturated rings. The molecule has 30 heavy (non-hydrogen) atoms. The van der Waals surface area contributed by atoms with Crippen molar-refractivity contribution in [3.63, 3.8) is 0 Å². The summed E-state index contributed by atoms with van der Waals surface area (Å²) >= 11 is 0. The van der Waals surface area contributed by atoms with E-state index in [-0.39, 0.29) is 30.3 Å². The number of carbonyl (C=O) groups excluding carboxylic acids is 1. The maximum Gasteiger partial charge on any atom is 0.349 e. The lowest BCUT2D eigenvalue weighted by molar-refractivity contribution is 0.0726. The first kappa shape index (κ1) is 19.5. The lowest BCUT2D eigenvalue weighted by Crippen LogP contribution is -2.33. The van der Waals surface area contributed by atoms with Crippen LogP contribution in [0.2, 0.25) is 0 Å². The third-order valence-corrected chi connectivity index (χ3v) is 4.73. The van der Waals surface area contributed by atoms with Crippen molar-refractivity contribution in [2.24, 2.45) is 0 Å². The van der Waals surface area contributed by atoms with E-state index >= 15 is 0 Å². The van der Waals surface area contributed by atoms with Gasteiger partial charge in [0.25, 0.3) is 5.91 Å². The number of carbonyl (C=O) groups is 1. The number of benzene rings is 3. The van der Waals surface area contributed by atoms with Crippen molar-refractivity contribution in [1.29, 1.82) is 0 Å². The van der Waals surface area contributed by atoms with E-state index in [1.54, 1.807) is 48.5 Å². The largest absolute Gasteiger partial charge is 0.422 e. The van der Waals surface area contributed by atoms with Gasteiger partial charge in [0.15, 0.2) is 0 Å². The maximum atomic E-state index is 13.3. The summed E-state index contributed by atoms with van der Waals surface area (Å²) in [6.45, 7) is 0.283. The van der Waals surface area contributed by atoms with Crippen molar-refractivity contribution < 1.29 is 18.0 Å². The van der Waals surface area contributed by atoms with Crippen LogP contribution in [0.4, 0.5) is 8.78 Å². The van der Waals surface area contributed by atoms with Gasteiger partial charge in [-0.2, -0.15) is 0 Å². The highest BCUT2D eigenvalue weighted by atomic mass is 19.1. The number of amides is 1. The van der Waals surface area contributed by atoms with Gasteiger partial charge in [-0.1, -0.05) is 42.5 Å². The first-order valence-corrected chi connectivity index (χ1v) is 9.31. The zero-order valence-corrected chi connectivity index (χ0v) is 15.8. The zero-order valence-electron chi connectivity index (χ0n) is 15.8. The molecule has 1 amide bonds. The maximum absolute atomic E-state index is 13.3. The SMILES string of the molecule is O=C(c1cc2ccccc2oc1=O)N(Cc1ccc(F)cc1)Cc1ccc(F)cc1. The molecule has 4 aromatic rings. The lowest BCUT2D eigenvalue weighted by Gasteiger charge is -2.23. The number of fused-ring (bicyclic) bond motifs is 1. The van der Waals surface area contributed by atoms with Gasteiger partial charge in [0.2, 0.25) is 0 Å². The van der Waals surface area contributed by atoms with E-state index in [4.69, 9.17) is 4.42 Å². The Hall–Kier alpha value is -3.80. The minimum Gasteiger partial charge on any atom is -0.422 e. The van der Waals surface area contributed by atoms with Gasteiger partial charge >= 0.3 is 5.63 Å². The van der Waals surface area contributed by atoms with Crippen LogP contribution in [0.5, 0.6) is 0 Å². The van der Waals surface area contributed by atoms with Crippen LogP contribution in [0.25, 0.3) is 11.0 Å². The Labute approximate surface area is 171 Å². The van der Waals surface area contributed by atoms with Gasteiger partial charge in [-0.15, -0.1) is 0 Å². The van der Waals surface area contributed by atoms with Gasteiger partial charge in [0.1, 0.15) is 22.8 Å². The Morgan fingerprint density at radius 2 is 1.33 bits per heavy atom. The van der Waals surface area contributed by atoms with E-state index in [0.717, 1.165) is 0 Å². The fraction of sp³-hybridized carbons (Fsp3) is 0.0833. The monoisotopic (exact) mass is 405 g/mol. The van der Waals surface area contributed by atoms with E-state index in [0.29, 0.717) is 22.1 Å². The van der Waals surface area contributed by atoms with E-state index in [1.165, 1.54) is 35.2 Å². The first-order chi connectivity index (χ1) is 14.5. The van der Waals surface area contributed by atoms with Crippen LogP contribution in [0.3, 0.4) is 0 Å². The van der Waals surface area contributed by atoms with Crippen LogP contribution in [-0.2, 0) is 13.1 Å². The third-order valence-electron chi connectivity index (χ3n) is 4.73. The Balaban J connectivity index is 1.71. The van der Waals surface area contributed by atoms with Crippen molar-refractivity contribution in [1.82, 2.24) is 4.90 Å². The summed E-state index contributed by atoms with van der Waals surface area (Å²) in [6.07, 6.45) is 0. The number of para-hydroxylation sites is 1. The van der Waals surface area contributed by atoms with Crippen molar-refractivity contribution in [3.05, 3.63) is 118 Å². The van der Waals surface area contributed by atoms with Crippen LogP contribution in [0, 0.1) is 11.6 Å². The highest BCUT2D eigenvalue weighted by Gasteiger charge is 2.21. The molecule has 0 saturated carbocycles. The molecule has 0 atom stereocenters. The Kier molecular flexibility index (Phi) is 5.39. The molecule has 4 nitrogen and oxygen atoms in total. The quantitative estimate of drug-likeness (QED) is 0.443. The lowest BCUT2D eigenvalue weighted by atomic mass is 10.1. The molecular formula is C24H17F2NO3. The highest BCUT2D eigenvalue weighted by Crippen LogP contribution is 2.17. The number of rotatable bonds is 5. The van der Waals surface area contributed by atoms with Crippen molar-refractivity contribution in [3.8, 4) is 0 Å². The van der Waals surface area contributed by atoms with Crippen molar-refractivity contribution >= 4 is 16.9 Å². The molecule has 0 aliphatic heterocycles. The predicted octanol–water partition coefficient (Wildman–Crippen LogP) is 4.91. The van der Waals surface area contributed by atoms with Gasteiger partial charge in [0, 0.05) is 18.5 Å². The number of halogens is 2. The van der Waals surface area contributed by atoms with E-state index < -0.39 is 11.5 Å².